The highest BCUT2D eigenvalue weighted by Crippen LogP contribution is 2.45. The molecule has 0 bridgehead atoms. The van der Waals surface area contributed by atoms with Gasteiger partial charge in [-0.3, -0.25) is 4.79 Å². The molecule has 0 saturated heterocycles. The summed E-state index contributed by atoms with van der Waals surface area (Å²) < 4.78 is 13.2. The van der Waals surface area contributed by atoms with Gasteiger partial charge in [0.25, 0.3) is 0 Å². The average molecular weight is 466 g/mol. The summed E-state index contributed by atoms with van der Waals surface area (Å²) >= 11 is 0. The van der Waals surface area contributed by atoms with Gasteiger partial charge < -0.3 is 14.8 Å². The number of fused-ring (bicyclic) bond motifs is 1. The quantitative estimate of drug-likeness (QED) is 0.345. The molecule has 1 aliphatic rings. The van der Waals surface area contributed by atoms with Gasteiger partial charge in [-0.1, -0.05) is 66.7 Å². The van der Waals surface area contributed by atoms with Gasteiger partial charge in [0.1, 0.15) is 12.4 Å². The third-order valence-corrected chi connectivity index (χ3v) is 6.19. The van der Waals surface area contributed by atoms with Gasteiger partial charge in [-0.05, 0) is 36.8 Å². The van der Waals surface area contributed by atoms with Crippen LogP contribution in [0.1, 0.15) is 29.0 Å². The molecule has 0 unspecified atom stereocenters. The first-order chi connectivity index (χ1) is 17.1. The molecule has 0 saturated carbocycles. The highest BCUT2D eigenvalue weighted by atomic mass is 16.5. The molecule has 0 aliphatic carbocycles. The molecule has 6 heteroatoms. The molecule has 1 amide bonds. The first-order valence-electron chi connectivity index (χ1n) is 11.6. The fourth-order valence-corrected chi connectivity index (χ4v) is 4.49. The molecule has 5 rings (SSSR count). The van der Waals surface area contributed by atoms with Crippen molar-refractivity contribution in [1.82, 2.24) is 9.78 Å². The third-order valence-electron chi connectivity index (χ3n) is 6.19. The summed E-state index contributed by atoms with van der Waals surface area (Å²) in [6, 6.07) is 24.0. The Morgan fingerprint density at radius 1 is 1.09 bits per heavy atom. The van der Waals surface area contributed by atoms with E-state index >= 15 is 0 Å². The maximum Gasteiger partial charge on any atom is 0.226 e. The van der Waals surface area contributed by atoms with Crippen LogP contribution in [0.5, 0.6) is 11.5 Å². The maximum absolute atomic E-state index is 12.9. The molecule has 0 spiro atoms. The summed E-state index contributed by atoms with van der Waals surface area (Å²) in [7, 11) is 1.61. The van der Waals surface area contributed by atoms with Crippen molar-refractivity contribution in [1.29, 1.82) is 0 Å². The van der Waals surface area contributed by atoms with Crippen LogP contribution >= 0.6 is 0 Å². The maximum atomic E-state index is 12.9. The Morgan fingerprint density at radius 3 is 2.57 bits per heavy atom. The number of carbonyl (C=O) groups is 1. The fraction of sp³-hybridized carbons (Fsp3) is 0.172. The van der Waals surface area contributed by atoms with Crippen LogP contribution in [0.2, 0.25) is 0 Å². The Balaban J connectivity index is 1.69. The van der Waals surface area contributed by atoms with Crippen LogP contribution in [0.4, 0.5) is 5.82 Å². The number of amides is 1. The van der Waals surface area contributed by atoms with Crippen LogP contribution < -0.4 is 14.8 Å². The van der Waals surface area contributed by atoms with Crippen LogP contribution in [0, 0.1) is 6.92 Å². The first kappa shape index (κ1) is 22.5. The second-order valence-corrected chi connectivity index (χ2v) is 8.54. The number of aromatic nitrogens is 2. The van der Waals surface area contributed by atoms with Crippen LogP contribution in [-0.2, 0) is 4.79 Å². The molecule has 0 radical (unpaired) electrons. The number of aryl methyl sites for hydroxylation is 1. The van der Waals surface area contributed by atoms with E-state index in [2.05, 4.69) is 11.9 Å². The fourth-order valence-electron chi connectivity index (χ4n) is 4.49. The van der Waals surface area contributed by atoms with Crippen molar-refractivity contribution >= 4 is 11.7 Å². The van der Waals surface area contributed by atoms with Crippen molar-refractivity contribution in [2.24, 2.45) is 0 Å². The summed E-state index contributed by atoms with van der Waals surface area (Å²) in [5.41, 5.74) is 5.83. The summed E-state index contributed by atoms with van der Waals surface area (Å²) in [5.74, 6) is 1.69. The van der Waals surface area contributed by atoms with Crippen LogP contribution in [-0.4, -0.2) is 29.4 Å². The molecule has 3 aromatic carbocycles. The average Bonchev–Trinajstić information content (AvgIpc) is 3.27. The standard InChI is InChI=1S/C29H27N3O3/c1-4-16-35-24-15-12-21(17-25(24)34-3)23-18-26(33)30-29-27(23)28(20-8-6-5-7-9-20)31-32(29)22-13-10-19(2)11-14-22/h4-15,17,23H,1,16,18H2,2-3H3,(H,30,33)/t23-/m1/s1. The van der Waals surface area contributed by atoms with E-state index in [1.807, 2.05) is 84.4 Å². The van der Waals surface area contributed by atoms with E-state index in [0.29, 0.717) is 30.3 Å². The number of carbonyl (C=O) groups excluding carboxylic acids is 1. The first-order valence-corrected chi connectivity index (χ1v) is 11.6. The molecule has 176 valence electrons. The van der Waals surface area contributed by atoms with Gasteiger partial charge in [0.05, 0.1) is 18.5 Å². The molecule has 6 nitrogen and oxygen atoms in total. The number of hydrogen-bond acceptors (Lipinski definition) is 4. The minimum absolute atomic E-state index is 0.0543. The zero-order chi connectivity index (χ0) is 24.4. The van der Waals surface area contributed by atoms with Crippen molar-refractivity contribution in [2.75, 3.05) is 19.0 Å². The van der Waals surface area contributed by atoms with Crippen molar-refractivity contribution in [3.8, 4) is 28.4 Å². The zero-order valence-corrected chi connectivity index (χ0v) is 19.8. The summed E-state index contributed by atoms with van der Waals surface area (Å²) in [6.45, 7) is 6.14. The minimum atomic E-state index is -0.199. The number of nitrogens with zero attached hydrogens (tertiary/aromatic N) is 2. The highest BCUT2D eigenvalue weighted by Gasteiger charge is 2.34. The van der Waals surface area contributed by atoms with Crippen molar-refractivity contribution in [3.05, 3.63) is 102 Å². The molecule has 1 atom stereocenters. The lowest BCUT2D eigenvalue weighted by Gasteiger charge is -2.25. The molecule has 1 N–H and O–H groups in total. The number of anilines is 1. The van der Waals surface area contributed by atoms with E-state index in [1.54, 1.807) is 13.2 Å². The van der Waals surface area contributed by atoms with E-state index in [0.717, 1.165) is 33.6 Å². The Labute approximate surface area is 204 Å². The van der Waals surface area contributed by atoms with E-state index in [1.165, 1.54) is 0 Å². The minimum Gasteiger partial charge on any atom is -0.493 e. The van der Waals surface area contributed by atoms with Crippen LogP contribution in [0.25, 0.3) is 16.9 Å². The Bertz CT molecular complexity index is 1370. The molecular formula is C29H27N3O3. The number of benzene rings is 3. The van der Waals surface area contributed by atoms with Crippen LogP contribution in [0.3, 0.4) is 0 Å². The third kappa shape index (κ3) is 4.30. The zero-order valence-electron chi connectivity index (χ0n) is 19.8. The summed E-state index contributed by atoms with van der Waals surface area (Å²) in [4.78, 5) is 12.9. The van der Waals surface area contributed by atoms with Gasteiger partial charge in [-0.25, -0.2) is 4.68 Å². The van der Waals surface area contributed by atoms with Crippen molar-refractivity contribution in [2.45, 2.75) is 19.3 Å². The molecular weight excluding hydrogens is 438 g/mol. The van der Waals surface area contributed by atoms with Gasteiger partial charge in [0, 0.05) is 23.5 Å². The molecule has 1 aliphatic heterocycles. The number of rotatable bonds is 7. The Morgan fingerprint density at radius 2 is 1.86 bits per heavy atom. The van der Waals surface area contributed by atoms with Gasteiger partial charge >= 0.3 is 0 Å². The number of nitrogens with one attached hydrogen (secondary N) is 1. The lowest BCUT2D eigenvalue weighted by atomic mass is 9.84. The monoisotopic (exact) mass is 465 g/mol. The Kier molecular flexibility index (Phi) is 6.10. The van der Waals surface area contributed by atoms with Crippen LogP contribution in [0.15, 0.2) is 85.5 Å². The molecule has 2 heterocycles. The SMILES string of the molecule is C=CCOc1ccc([C@H]2CC(=O)Nc3c2c(-c2ccccc2)nn3-c2ccc(C)cc2)cc1OC. The van der Waals surface area contributed by atoms with Gasteiger partial charge in [0.15, 0.2) is 11.5 Å². The van der Waals surface area contributed by atoms with E-state index in [9.17, 15) is 4.79 Å². The smallest absolute Gasteiger partial charge is 0.226 e. The van der Waals surface area contributed by atoms with Gasteiger partial charge in [-0.2, -0.15) is 5.10 Å². The molecule has 4 aromatic rings. The van der Waals surface area contributed by atoms with Gasteiger partial charge in [0.2, 0.25) is 5.91 Å². The number of hydrogen-bond donors (Lipinski definition) is 1. The second-order valence-electron chi connectivity index (χ2n) is 8.54. The van der Waals surface area contributed by atoms with E-state index < -0.39 is 0 Å². The Hall–Kier alpha value is -4.32. The highest BCUT2D eigenvalue weighted by molar-refractivity contribution is 5.96. The van der Waals surface area contributed by atoms with Gasteiger partial charge in [-0.15, -0.1) is 0 Å². The molecule has 0 fully saturated rings. The van der Waals surface area contributed by atoms with Crippen molar-refractivity contribution < 1.29 is 14.3 Å². The number of ether oxygens (including phenoxy) is 2. The normalized spacial score (nSPS) is 14.7. The largest absolute Gasteiger partial charge is 0.493 e. The lowest BCUT2D eigenvalue weighted by molar-refractivity contribution is -0.116. The lowest BCUT2D eigenvalue weighted by Crippen LogP contribution is -2.25. The number of methoxy groups -OCH3 is 1. The van der Waals surface area contributed by atoms with E-state index in [4.69, 9.17) is 14.6 Å². The predicted octanol–water partition coefficient (Wildman–Crippen LogP) is 5.90. The predicted molar refractivity (Wildman–Crippen MR) is 138 cm³/mol. The molecule has 35 heavy (non-hydrogen) atoms. The summed E-state index contributed by atoms with van der Waals surface area (Å²) in [5, 5.41) is 8.10. The molecule has 1 aromatic heterocycles. The summed E-state index contributed by atoms with van der Waals surface area (Å²) in [6.07, 6.45) is 2.00. The topological polar surface area (TPSA) is 65.4 Å². The van der Waals surface area contributed by atoms with Crippen molar-refractivity contribution in [3.63, 3.8) is 0 Å². The van der Waals surface area contributed by atoms with E-state index in [-0.39, 0.29) is 11.8 Å². The second kappa shape index (κ2) is 9.50.